The molecule has 0 spiro atoms. The molecular weight excluding hydrogens is 225 g/mol. The first-order valence-electron chi connectivity index (χ1n) is 5.51. The fourth-order valence-electron chi connectivity index (χ4n) is 1.49. The average Bonchev–Trinajstić information content (AvgIpc) is 2.18. The van der Waals surface area contributed by atoms with Gasteiger partial charge in [0.05, 0.1) is 5.02 Å². The maximum Gasteiger partial charge on any atom is 0.142 e. The van der Waals surface area contributed by atoms with E-state index in [9.17, 15) is 4.39 Å². The number of nitrogens with two attached hydrogens (primary N) is 1. The molecule has 0 aliphatic carbocycles. The van der Waals surface area contributed by atoms with Crippen molar-refractivity contribution in [1.29, 1.82) is 0 Å². The lowest BCUT2D eigenvalue weighted by atomic mass is 9.84. The van der Waals surface area contributed by atoms with Crippen LogP contribution in [0.15, 0.2) is 18.2 Å². The molecule has 0 fully saturated rings. The summed E-state index contributed by atoms with van der Waals surface area (Å²) in [6, 6.07) is 4.99. The van der Waals surface area contributed by atoms with Gasteiger partial charge in [0, 0.05) is 6.04 Å². The molecule has 0 saturated carbocycles. The zero-order valence-electron chi connectivity index (χ0n) is 10.1. The third kappa shape index (κ3) is 3.46. The molecule has 1 aromatic rings. The second kappa shape index (κ2) is 5.15. The van der Waals surface area contributed by atoms with Crippen LogP contribution in [0.2, 0.25) is 5.02 Å². The minimum atomic E-state index is -0.358. The number of aryl methyl sites for hydroxylation is 1. The zero-order chi connectivity index (χ0) is 12.3. The number of halogens is 2. The summed E-state index contributed by atoms with van der Waals surface area (Å²) in [7, 11) is 0. The Balaban J connectivity index is 2.65. The van der Waals surface area contributed by atoms with Gasteiger partial charge in [-0.05, 0) is 29.9 Å². The van der Waals surface area contributed by atoms with Crippen LogP contribution in [0, 0.1) is 11.2 Å². The highest BCUT2D eigenvalue weighted by molar-refractivity contribution is 6.31. The van der Waals surface area contributed by atoms with E-state index in [1.165, 1.54) is 6.07 Å². The molecule has 2 N–H and O–H groups in total. The molecule has 16 heavy (non-hydrogen) atoms. The molecule has 1 nitrogen and oxygen atoms in total. The zero-order valence-corrected chi connectivity index (χ0v) is 10.8. The summed E-state index contributed by atoms with van der Waals surface area (Å²) in [5.41, 5.74) is 6.95. The maximum atomic E-state index is 13.2. The van der Waals surface area contributed by atoms with Crippen LogP contribution in [0.5, 0.6) is 0 Å². The lowest BCUT2D eigenvalue weighted by molar-refractivity contribution is 0.306. The van der Waals surface area contributed by atoms with Gasteiger partial charge in [-0.1, -0.05) is 44.5 Å². The van der Waals surface area contributed by atoms with Gasteiger partial charge >= 0.3 is 0 Å². The van der Waals surface area contributed by atoms with E-state index in [2.05, 4.69) is 20.8 Å². The first-order valence-corrected chi connectivity index (χ1v) is 5.88. The van der Waals surface area contributed by atoms with E-state index in [1.54, 1.807) is 6.07 Å². The molecule has 0 aromatic heterocycles. The molecule has 1 rings (SSSR count). The van der Waals surface area contributed by atoms with Gasteiger partial charge in [0.15, 0.2) is 0 Å². The van der Waals surface area contributed by atoms with Gasteiger partial charge in [-0.2, -0.15) is 0 Å². The fraction of sp³-hybridized carbons (Fsp3) is 0.538. The van der Waals surface area contributed by atoms with Crippen molar-refractivity contribution in [2.45, 2.75) is 39.7 Å². The van der Waals surface area contributed by atoms with Gasteiger partial charge in [-0.3, -0.25) is 0 Å². The van der Waals surface area contributed by atoms with E-state index in [4.69, 9.17) is 17.3 Å². The summed E-state index contributed by atoms with van der Waals surface area (Å²) in [5, 5.41) is 0.226. The number of hydrogen-bond acceptors (Lipinski definition) is 1. The molecule has 1 unspecified atom stereocenters. The average molecular weight is 244 g/mol. The second-order valence-corrected chi connectivity index (χ2v) is 5.60. The van der Waals surface area contributed by atoms with E-state index < -0.39 is 0 Å². The lowest BCUT2D eigenvalue weighted by Gasteiger charge is -2.27. The van der Waals surface area contributed by atoms with Crippen LogP contribution < -0.4 is 5.73 Å². The Kier molecular flexibility index (Phi) is 4.34. The van der Waals surface area contributed by atoms with Gasteiger partial charge in [0.2, 0.25) is 0 Å². The van der Waals surface area contributed by atoms with Crippen molar-refractivity contribution in [3.8, 4) is 0 Å². The predicted octanol–water partition coefficient (Wildman–Crippen LogP) is 3.79. The predicted molar refractivity (Wildman–Crippen MR) is 67.2 cm³/mol. The SMILES string of the molecule is CC(C)(C)C(N)CCc1cccc(F)c1Cl. The topological polar surface area (TPSA) is 26.0 Å². The number of hydrogen-bond donors (Lipinski definition) is 1. The van der Waals surface area contributed by atoms with Crippen molar-refractivity contribution in [3.05, 3.63) is 34.6 Å². The molecule has 0 heterocycles. The highest BCUT2D eigenvalue weighted by Gasteiger charge is 2.20. The molecule has 3 heteroatoms. The van der Waals surface area contributed by atoms with E-state index in [-0.39, 0.29) is 22.3 Å². The summed E-state index contributed by atoms with van der Waals surface area (Å²) in [6.45, 7) is 6.31. The summed E-state index contributed by atoms with van der Waals surface area (Å²) in [4.78, 5) is 0. The minimum Gasteiger partial charge on any atom is -0.327 e. The molecule has 0 radical (unpaired) electrons. The molecule has 0 bridgehead atoms. The molecule has 0 saturated heterocycles. The normalized spacial score (nSPS) is 13.9. The van der Waals surface area contributed by atoms with E-state index >= 15 is 0 Å². The standard InChI is InChI=1S/C13H19ClFN/c1-13(2,3)11(16)8-7-9-5-4-6-10(15)12(9)14/h4-6,11H,7-8,16H2,1-3H3. The Morgan fingerprint density at radius 2 is 2.00 bits per heavy atom. The maximum absolute atomic E-state index is 13.2. The summed E-state index contributed by atoms with van der Waals surface area (Å²) in [5.74, 6) is -0.358. The van der Waals surface area contributed by atoms with Crippen molar-refractivity contribution < 1.29 is 4.39 Å². The van der Waals surface area contributed by atoms with Crippen LogP contribution in [0.1, 0.15) is 32.8 Å². The van der Waals surface area contributed by atoms with Gasteiger partial charge in [-0.15, -0.1) is 0 Å². The Labute approximate surface area is 102 Å². The first-order chi connectivity index (χ1) is 7.32. The molecule has 1 aromatic carbocycles. The number of rotatable bonds is 3. The smallest absolute Gasteiger partial charge is 0.142 e. The summed E-state index contributed by atoms with van der Waals surface area (Å²) < 4.78 is 13.2. The van der Waals surface area contributed by atoms with Crippen LogP contribution in [-0.2, 0) is 6.42 Å². The van der Waals surface area contributed by atoms with Crippen molar-refractivity contribution in [1.82, 2.24) is 0 Å². The van der Waals surface area contributed by atoms with Crippen LogP contribution in [0.3, 0.4) is 0 Å². The van der Waals surface area contributed by atoms with Crippen molar-refractivity contribution in [3.63, 3.8) is 0 Å². The largest absolute Gasteiger partial charge is 0.327 e. The second-order valence-electron chi connectivity index (χ2n) is 5.22. The quantitative estimate of drug-likeness (QED) is 0.859. The van der Waals surface area contributed by atoms with E-state index in [0.717, 1.165) is 18.4 Å². The third-order valence-electron chi connectivity index (χ3n) is 2.87. The molecule has 90 valence electrons. The Bertz CT molecular complexity index is 357. The van der Waals surface area contributed by atoms with E-state index in [0.29, 0.717) is 0 Å². The number of benzene rings is 1. The van der Waals surface area contributed by atoms with Crippen LogP contribution in [0.25, 0.3) is 0 Å². The fourth-order valence-corrected chi connectivity index (χ4v) is 1.71. The third-order valence-corrected chi connectivity index (χ3v) is 3.29. The van der Waals surface area contributed by atoms with Crippen LogP contribution >= 0.6 is 11.6 Å². The summed E-state index contributed by atoms with van der Waals surface area (Å²) in [6.07, 6.45) is 1.53. The van der Waals surface area contributed by atoms with Gasteiger partial charge in [0.25, 0.3) is 0 Å². The molecule has 1 atom stereocenters. The Morgan fingerprint density at radius 1 is 1.38 bits per heavy atom. The highest BCUT2D eigenvalue weighted by Crippen LogP contribution is 2.25. The monoisotopic (exact) mass is 243 g/mol. The minimum absolute atomic E-state index is 0.0692. The Morgan fingerprint density at radius 3 is 2.56 bits per heavy atom. The lowest BCUT2D eigenvalue weighted by Crippen LogP contribution is -2.35. The van der Waals surface area contributed by atoms with Gasteiger partial charge in [-0.25, -0.2) is 4.39 Å². The van der Waals surface area contributed by atoms with E-state index in [1.807, 2.05) is 6.07 Å². The van der Waals surface area contributed by atoms with Crippen LogP contribution in [-0.4, -0.2) is 6.04 Å². The van der Waals surface area contributed by atoms with Crippen molar-refractivity contribution in [2.75, 3.05) is 0 Å². The molecule has 0 aliphatic heterocycles. The molecule has 0 amide bonds. The first kappa shape index (κ1) is 13.5. The highest BCUT2D eigenvalue weighted by atomic mass is 35.5. The van der Waals surface area contributed by atoms with Gasteiger partial charge in [0.1, 0.15) is 5.82 Å². The summed E-state index contributed by atoms with van der Waals surface area (Å²) >= 11 is 5.88. The van der Waals surface area contributed by atoms with Crippen LogP contribution in [0.4, 0.5) is 4.39 Å². The molecule has 0 aliphatic rings. The molecular formula is C13H19ClFN. The Hall–Kier alpha value is -0.600. The van der Waals surface area contributed by atoms with Crippen molar-refractivity contribution in [2.24, 2.45) is 11.1 Å². The van der Waals surface area contributed by atoms with Gasteiger partial charge < -0.3 is 5.73 Å². The van der Waals surface area contributed by atoms with Crippen molar-refractivity contribution >= 4 is 11.6 Å².